The van der Waals surface area contributed by atoms with Gasteiger partial charge in [-0.2, -0.15) is 0 Å². The molecule has 9 N–H and O–H groups in total. The van der Waals surface area contributed by atoms with Gasteiger partial charge >= 0.3 is 0 Å². The Morgan fingerprint density at radius 3 is 1.48 bits per heavy atom. The van der Waals surface area contributed by atoms with E-state index in [1.54, 1.807) is 0 Å². The van der Waals surface area contributed by atoms with Crippen molar-refractivity contribution in [2.45, 2.75) is 51.0 Å². The monoisotopic (exact) mass is 667 g/mol. The maximum atomic E-state index is 11.9. The zero-order valence-electron chi connectivity index (χ0n) is 27.6. The van der Waals surface area contributed by atoms with Crippen molar-refractivity contribution in [3.05, 3.63) is 0 Å². The maximum Gasteiger partial charge on any atom is 0.236 e. The lowest BCUT2D eigenvalue weighted by Gasteiger charge is -2.14. The second kappa shape index (κ2) is 34.3. The molecule has 2 unspecified atom stereocenters. The summed E-state index contributed by atoms with van der Waals surface area (Å²) < 4.78 is 43.5. The van der Waals surface area contributed by atoms with Crippen LogP contribution >= 0.6 is 0 Å². The van der Waals surface area contributed by atoms with Gasteiger partial charge in [-0.1, -0.05) is 6.42 Å². The van der Waals surface area contributed by atoms with Crippen molar-refractivity contribution in [3.63, 3.8) is 0 Å². The third-order valence-electron chi connectivity index (χ3n) is 6.36. The molecule has 0 aliphatic rings. The molecule has 3 amide bonds. The van der Waals surface area contributed by atoms with E-state index in [0.717, 1.165) is 12.8 Å². The Labute approximate surface area is 274 Å². The van der Waals surface area contributed by atoms with Gasteiger partial charge in [0.25, 0.3) is 0 Å². The molecule has 0 aromatic rings. The van der Waals surface area contributed by atoms with Crippen LogP contribution in [0.4, 0.5) is 0 Å². The zero-order valence-corrected chi connectivity index (χ0v) is 27.6. The largest absolute Gasteiger partial charge is 0.379 e. The molecule has 16 heteroatoms. The molecule has 0 heterocycles. The average molecular weight is 668 g/mol. The van der Waals surface area contributed by atoms with E-state index in [2.05, 4.69) is 5.32 Å². The minimum absolute atomic E-state index is 0.141. The molecule has 0 fully saturated rings. The Kier molecular flexibility index (Phi) is 32.9. The molecule has 0 bridgehead atoms. The summed E-state index contributed by atoms with van der Waals surface area (Å²) >= 11 is 0. The Bertz CT molecular complexity index is 725. The van der Waals surface area contributed by atoms with Gasteiger partial charge in [0.1, 0.15) is 0 Å². The second-order valence-corrected chi connectivity index (χ2v) is 10.4. The Hall–Kier alpha value is -1.99. The number of nitrogens with one attached hydrogen (secondary N) is 1. The molecule has 0 aliphatic heterocycles. The summed E-state index contributed by atoms with van der Waals surface area (Å²) in [6.45, 7) is 7.73. The maximum absolute atomic E-state index is 11.9. The van der Waals surface area contributed by atoms with E-state index in [1.807, 2.05) is 0 Å². The number of ether oxygens (including phenoxy) is 8. The predicted octanol–water partition coefficient (Wildman–Crippen LogP) is -1.16. The summed E-state index contributed by atoms with van der Waals surface area (Å²) in [6, 6.07) is -0.490. The fraction of sp³-hybridized carbons (Fsp3) is 0.900. The summed E-state index contributed by atoms with van der Waals surface area (Å²) in [4.78, 5) is 34.1. The zero-order chi connectivity index (χ0) is 33.9. The molecule has 0 saturated carbocycles. The van der Waals surface area contributed by atoms with Crippen molar-refractivity contribution in [1.29, 1.82) is 0 Å². The summed E-state index contributed by atoms with van der Waals surface area (Å²) in [5, 5.41) is 2.81. The molecule has 46 heavy (non-hydrogen) atoms. The average Bonchev–Trinajstić information content (AvgIpc) is 3.03. The van der Waals surface area contributed by atoms with E-state index in [9.17, 15) is 14.4 Å². The first kappa shape index (κ1) is 44.0. The van der Waals surface area contributed by atoms with Crippen molar-refractivity contribution >= 4 is 17.7 Å². The van der Waals surface area contributed by atoms with Crippen molar-refractivity contribution in [2.24, 2.45) is 28.9 Å². The normalized spacial score (nSPS) is 12.7. The van der Waals surface area contributed by atoms with E-state index < -0.39 is 11.9 Å². The third-order valence-corrected chi connectivity index (χ3v) is 6.36. The molecule has 272 valence electrons. The SMILES string of the molecule is NCCCCC(N)C(=O)NCCCOCCOCCOCCCC(COCCOCCOCCOCCOCCC(N)=O)C(N)=O. The summed E-state index contributed by atoms with van der Waals surface area (Å²) in [5.74, 6) is -1.32. The van der Waals surface area contributed by atoms with E-state index >= 15 is 0 Å². The van der Waals surface area contributed by atoms with Crippen LogP contribution in [-0.2, 0) is 52.3 Å². The molecule has 0 spiro atoms. The molecule has 16 nitrogen and oxygen atoms in total. The minimum Gasteiger partial charge on any atom is -0.379 e. The van der Waals surface area contributed by atoms with E-state index in [4.69, 9.17) is 60.8 Å². The standard InChI is InChI=1S/C30H61N5O11/c31-8-2-1-6-27(32)30(38)35-9-4-11-40-14-17-42-16-13-39-10-3-5-26(29(34)37)25-46-24-23-45-22-21-44-20-19-43-18-15-41-12-7-28(33)36/h26-27H,1-25,31-32H2,(H2,33,36)(H2,34,37)(H,35,38). The van der Waals surface area contributed by atoms with Gasteiger partial charge in [0.2, 0.25) is 17.7 Å². The molecular formula is C30H61N5O11. The Balaban J connectivity index is 3.45. The van der Waals surface area contributed by atoms with Gasteiger partial charge < -0.3 is 66.1 Å². The van der Waals surface area contributed by atoms with Crippen LogP contribution < -0.4 is 28.3 Å². The molecule has 2 atom stereocenters. The van der Waals surface area contributed by atoms with E-state index in [-0.39, 0.29) is 30.8 Å². The molecule has 0 aromatic heterocycles. The third kappa shape index (κ3) is 32.0. The van der Waals surface area contributed by atoms with Gasteiger partial charge in [-0.25, -0.2) is 0 Å². The van der Waals surface area contributed by atoms with Crippen LogP contribution in [-0.4, -0.2) is 143 Å². The Morgan fingerprint density at radius 1 is 0.543 bits per heavy atom. The number of nitrogens with two attached hydrogens (primary N) is 4. The van der Waals surface area contributed by atoms with Crippen molar-refractivity contribution in [1.82, 2.24) is 5.32 Å². The number of amides is 3. The van der Waals surface area contributed by atoms with Crippen LogP contribution in [0.15, 0.2) is 0 Å². The quantitative estimate of drug-likeness (QED) is 0.0492. The second-order valence-electron chi connectivity index (χ2n) is 10.4. The summed E-state index contributed by atoms with van der Waals surface area (Å²) in [7, 11) is 0. The molecule has 0 saturated heterocycles. The fourth-order valence-electron chi connectivity index (χ4n) is 3.72. The predicted molar refractivity (Wildman–Crippen MR) is 171 cm³/mol. The van der Waals surface area contributed by atoms with E-state index in [1.165, 1.54) is 0 Å². The lowest BCUT2D eigenvalue weighted by molar-refractivity contribution is -0.124. The molecule has 0 aromatic carbocycles. The van der Waals surface area contributed by atoms with Gasteiger partial charge in [0.05, 0.1) is 104 Å². The highest BCUT2D eigenvalue weighted by Crippen LogP contribution is 2.07. The lowest BCUT2D eigenvalue weighted by atomic mass is 10.0. The van der Waals surface area contributed by atoms with Crippen molar-refractivity contribution in [2.75, 3.05) is 119 Å². The smallest absolute Gasteiger partial charge is 0.236 e. The summed E-state index contributed by atoms with van der Waals surface area (Å²) in [5.41, 5.74) is 21.8. The number of hydrogen-bond acceptors (Lipinski definition) is 13. The van der Waals surface area contributed by atoms with E-state index in [0.29, 0.717) is 138 Å². The van der Waals surface area contributed by atoms with Crippen LogP contribution in [0.1, 0.15) is 44.9 Å². The number of primary amides is 2. The number of carbonyl (C=O) groups excluding carboxylic acids is 3. The van der Waals surface area contributed by atoms with Crippen LogP contribution in [0.2, 0.25) is 0 Å². The highest BCUT2D eigenvalue weighted by molar-refractivity contribution is 5.81. The first-order valence-corrected chi connectivity index (χ1v) is 16.3. The van der Waals surface area contributed by atoms with Crippen LogP contribution in [0.5, 0.6) is 0 Å². The molecule has 0 radical (unpaired) electrons. The van der Waals surface area contributed by atoms with Crippen molar-refractivity contribution < 1.29 is 52.3 Å². The minimum atomic E-state index is -0.490. The number of hydrogen-bond donors (Lipinski definition) is 5. The summed E-state index contributed by atoms with van der Waals surface area (Å²) in [6.07, 6.45) is 4.50. The van der Waals surface area contributed by atoms with Gasteiger partial charge in [-0.3, -0.25) is 14.4 Å². The van der Waals surface area contributed by atoms with Crippen LogP contribution in [0.3, 0.4) is 0 Å². The van der Waals surface area contributed by atoms with Gasteiger partial charge in [0.15, 0.2) is 0 Å². The van der Waals surface area contributed by atoms with Crippen LogP contribution in [0, 0.1) is 5.92 Å². The first-order chi connectivity index (χ1) is 22.4. The van der Waals surface area contributed by atoms with Crippen LogP contribution in [0.25, 0.3) is 0 Å². The Morgan fingerprint density at radius 2 is 1.00 bits per heavy atom. The highest BCUT2D eigenvalue weighted by atomic mass is 16.6. The number of carbonyl (C=O) groups is 3. The van der Waals surface area contributed by atoms with Gasteiger partial charge in [0, 0.05) is 26.2 Å². The van der Waals surface area contributed by atoms with Gasteiger partial charge in [-0.15, -0.1) is 0 Å². The molecule has 0 aliphatic carbocycles. The first-order valence-electron chi connectivity index (χ1n) is 16.3. The molecule has 0 rings (SSSR count). The van der Waals surface area contributed by atoms with Gasteiger partial charge in [-0.05, 0) is 38.6 Å². The number of unbranched alkanes of at least 4 members (excludes halogenated alkanes) is 1. The molecular weight excluding hydrogens is 606 g/mol. The highest BCUT2D eigenvalue weighted by Gasteiger charge is 2.15. The van der Waals surface area contributed by atoms with Crippen molar-refractivity contribution in [3.8, 4) is 0 Å². The fourth-order valence-corrected chi connectivity index (χ4v) is 3.72. The number of rotatable bonds is 37. The topological polar surface area (TPSA) is 241 Å². The lowest BCUT2D eigenvalue weighted by Crippen LogP contribution is -2.41.